The molecule has 0 unspecified atom stereocenters. The number of carbonyl (C=O) groups is 1. The fourth-order valence-corrected chi connectivity index (χ4v) is 3.69. The topological polar surface area (TPSA) is 57.1 Å². The molecule has 1 saturated carbocycles. The Bertz CT molecular complexity index is 581. The molecule has 0 spiro atoms. The van der Waals surface area contributed by atoms with E-state index in [1.54, 1.807) is 7.11 Å². The summed E-state index contributed by atoms with van der Waals surface area (Å²) in [7, 11) is 3.06. The number of benzene rings is 1. The van der Waals surface area contributed by atoms with E-state index in [0.29, 0.717) is 5.92 Å². The van der Waals surface area contributed by atoms with Crippen LogP contribution in [-0.2, 0) is 14.4 Å². The molecule has 0 bridgehead atoms. The van der Waals surface area contributed by atoms with Gasteiger partial charge >= 0.3 is 5.97 Å². The zero-order valence-corrected chi connectivity index (χ0v) is 13.7. The van der Waals surface area contributed by atoms with E-state index in [9.17, 15) is 4.79 Å². The molecule has 3 atom stereocenters. The lowest BCUT2D eigenvalue weighted by atomic mass is 9.72. The van der Waals surface area contributed by atoms with Gasteiger partial charge in [0.1, 0.15) is 11.9 Å². The summed E-state index contributed by atoms with van der Waals surface area (Å²) in [4.78, 5) is 17.4. The van der Waals surface area contributed by atoms with Gasteiger partial charge in [-0.25, -0.2) is 0 Å². The molecule has 1 aliphatic carbocycles. The van der Waals surface area contributed by atoms with Crippen LogP contribution in [0.5, 0.6) is 5.75 Å². The lowest BCUT2D eigenvalue weighted by molar-refractivity contribution is -0.139. The summed E-state index contributed by atoms with van der Waals surface area (Å²) >= 11 is 0. The first-order valence-electron chi connectivity index (χ1n) is 8.16. The number of ether oxygens (including phenoxy) is 2. The predicted molar refractivity (Wildman–Crippen MR) is 86.6 cm³/mol. The molecule has 0 aromatic heterocycles. The highest BCUT2D eigenvalue weighted by atomic mass is 16.6. The van der Waals surface area contributed by atoms with Gasteiger partial charge in [-0.2, -0.15) is 0 Å². The highest BCUT2D eigenvalue weighted by molar-refractivity contribution is 6.02. The fourth-order valence-electron chi connectivity index (χ4n) is 3.69. The molecule has 124 valence electrons. The van der Waals surface area contributed by atoms with Crippen molar-refractivity contribution >= 4 is 11.7 Å². The summed E-state index contributed by atoms with van der Waals surface area (Å²) in [5, 5.41) is 4.29. The third kappa shape index (κ3) is 3.33. The number of esters is 1. The zero-order valence-electron chi connectivity index (χ0n) is 13.7. The smallest absolute Gasteiger partial charge is 0.311 e. The van der Waals surface area contributed by atoms with Gasteiger partial charge in [0.15, 0.2) is 0 Å². The minimum atomic E-state index is -0.278. The Morgan fingerprint density at radius 2 is 1.96 bits per heavy atom. The van der Waals surface area contributed by atoms with Crippen LogP contribution < -0.4 is 4.74 Å². The van der Waals surface area contributed by atoms with Crippen molar-refractivity contribution in [3.05, 3.63) is 29.8 Å². The van der Waals surface area contributed by atoms with Crippen LogP contribution in [0.15, 0.2) is 29.4 Å². The molecule has 3 rings (SSSR count). The summed E-state index contributed by atoms with van der Waals surface area (Å²) < 4.78 is 10.1. The standard InChI is InChI=1S/C18H23NO4/c1-21-13-9-7-12(8-10-13)18-14-5-3-4-6-16(14)23-19-15(18)11-17(20)22-2/h7-10,14,16,18H,3-6,11H2,1-2H3/t14-,16+,18+/m0/s1. The van der Waals surface area contributed by atoms with Gasteiger partial charge in [-0.1, -0.05) is 23.7 Å². The molecule has 0 amide bonds. The molecule has 5 heteroatoms. The molecule has 1 aromatic rings. The van der Waals surface area contributed by atoms with E-state index in [-0.39, 0.29) is 24.4 Å². The quantitative estimate of drug-likeness (QED) is 0.800. The van der Waals surface area contributed by atoms with Gasteiger partial charge in [-0.15, -0.1) is 0 Å². The maximum Gasteiger partial charge on any atom is 0.311 e. The number of hydrogen-bond donors (Lipinski definition) is 0. The van der Waals surface area contributed by atoms with Crippen LogP contribution in [0, 0.1) is 5.92 Å². The summed E-state index contributed by atoms with van der Waals surface area (Å²) in [5.74, 6) is 1.03. The third-order valence-electron chi connectivity index (χ3n) is 4.87. The molecule has 5 nitrogen and oxygen atoms in total. The Kier molecular flexibility index (Phi) is 4.84. The van der Waals surface area contributed by atoms with Crippen LogP contribution >= 0.6 is 0 Å². The van der Waals surface area contributed by atoms with Crippen LogP contribution in [0.1, 0.15) is 43.6 Å². The van der Waals surface area contributed by atoms with E-state index in [4.69, 9.17) is 14.3 Å². The average Bonchev–Trinajstić information content (AvgIpc) is 2.61. The van der Waals surface area contributed by atoms with E-state index in [2.05, 4.69) is 17.3 Å². The normalized spacial score (nSPS) is 26.5. The van der Waals surface area contributed by atoms with Gasteiger partial charge < -0.3 is 14.3 Å². The fraction of sp³-hybridized carbons (Fsp3) is 0.556. The van der Waals surface area contributed by atoms with Gasteiger partial charge in [0.05, 0.1) is 26.4 Å². The Hall–Kier alpha value is -2.04. The van der Waals surface area contributed by atoms with Crippen molar-refractivity contribution in [1.82, 2.24) is 0 Å². The number of methoxy groups -OCH3 is 2. The van der Waals surface area contributed by atoms with Crippen molar-refractivity contribution in [2.24, 2.45) is 11.1 Å². The molecular formula is C18H23NO4. The first kappa shape index (κ1) is 15.8. The molecule has 1 aliphatic heterocycles. The Balaban J connectivity index is 1.92. The van der Waals surface area contributed by atoms with E-state index in [0.717, 1.165) is 29.9 Å². The second-order valence-electron chi connectivity index (χ2n) is 6.18. The second-order valence-corrected chi connectivity index (χ2v) is 6.18. The van der Waals surface area contributed by atoms with E-state index in [1.807, 2.05) is 12.1 Å². The lowest BCUT2D eigenvalue weighted by Gasteiger charge is -2.39. The minimum Gasteiger partial charge on any atom is -0.497 e. The zero-order chi connectivity index (χ0) is 16.2. The summed E-state index contributed by atoms with van der Waals surface area (Å²) in [6, 6.07) is 8.04. The molecular weight excluding hydrogens is 294 g/mol. The van der Waals surface area contributed by atoms with Crippen LogP contribution in [0.2, 0.25) is 0 Å². The average molecular weight is 317 g/mol. The van der Waals surface area contributed by atoms with Crippen LogP contribution in [-0.4, -0.2) is 32.0 Å². The van der Waals surface area contributed by atoms with E-state index < -0.39 is 0 Å². The van der Waals surface area contributed by atoms with E-state index >= 15 is 0 Å². The van der Waals surface area contributed by atoms with Crippen molar-refractivity contribution in [3.8, 4) is 5.75 Å². The number of fused-ring (bicyclic) bond motifs is 1. The van der Waals surface area contributed by atoms with Crippen LogP contribution in [0.4, 0.5) is 0 Å². The monoisotopic (exact) mass is 317 g/mol. The Labute approximate surface area is 136 Å². The van der Waals surface area contributed by atoms with Crippen molar-refractivity contribution < 1.29 is 19.1 Å². The van der Waals surface area contributed by atoms with Gasteiger partial charge in [0.2, 0.25) is 0 Å². The maximum absolute atomic E-state index is 11.7. The van der Waals surface area contributed by atoms with E-state index in [1.165, 1.54) is 20.0 Å². The highest BCUT2D eigenvalue weighted by Crippen LogP contribution is 2.42. The predicted octanol–water partition coefficient (Wildman–Crippen LogP) is 3.29. The molecule has 2 aliphatic rings. The van der Waals surface area contributed by atoms with Crippen molar-refractivity contribution in [1.29, 1.82) is 0 Å². The number of hydrogen-bond acceptors (Lipinski definition) is 5. The minimum absolute atomic E-state index is 0.110. The van der Waals surface area contributed by atoms with Crippen LogP contribution in [0.25, 0.3) is 0 Å². The largest absolute Gasteiger partial charge is 0.497 e. The van der Waals surface area contributed by atoms with Crippen molar-refractivity contribution in [3.63, 3.8) is 0 Å². The molecule has 0 saturated heterocycles. The van der Waals surface area contributed by atoms with Gasteiger partial charge in [0, 0.05) is 11.8 Å². The molecule has 0 N–H and O–H groups in total. The summed E-state index contributed by atoms with van der Waals surface area (Å²) in [6.07, 6.45) is 4.84. The van der Waals surface area contributed by atoms with Gasteiger partial charge in [-0.05, 0) is 37.0 Å². The Morgan fingerprint density at radius 1 is 1.22 bits per heavy atom. The molecule has 23 heavy (non-hydrogen) atoms. The molecule has 1 aromatic carbocycles. The SMILES string of the molecule is COC(=O)CC1=NO[C@@H]2CCCC[C@@H]2[C@H]1c1ccc(OC)cc1. The number of oxime groups is 1. The first-order chi connectivity index (χ1) is 11.2. The second kappa shape index (κ2) is 7.02. The van der Waals surface area contributed by atoms with Gasteiger partial charge in [-0.3, -0.25) is 4.79 Å². The van der Waals surface area contributed by atoms with Gasteiger partial charge in [0.25, 0.3) is 0 Å². The first-order valence-corrected chi connectivity index (χ1v) is 8.16. The summed E-state index contributed by atoms with van der Waals surface area (Å²) in [5.41, 5.74) is 1.93. The van der Waals surface area contributed by atoms with Crippen molar-refractivity contribution in [2.75, 3.05) is 14.2 Å². The number of rotatable bonds is 4. The number of nitrogens with zero attached hydrogens (tertiary/aromatic N) is 1. The molecule has 1 fully saturated rings. The summed E-state index contributed by atoms with van der Waals surface area (Å²) in [6.45, 7) is 0. The van der Waals surface area contributed by atoms with Crippen LogP contribution in [0.3, 0.4) is 0 Å². The Morgan fingerprint density at radius 3 is 2.65 bits per heavy atom. The highest BCUT2D eigenvalue weighted by Gasteiger charge is 2.41. The molecule has 1 heterocycles. The number of carbonyl (C=O) groups excluding carboxylic acids is 1. The maximum atomic E-state index is 11.7. The third-order valence-corrected chi connectivity index (χ3v) is 4.87. The van der Waals surface area contributed by atoms with Crippen molar-refractivity contribution in [2.45, 2.75) is 44.1 Å². The lowest BCUT2D eigenvalue weighted by Crippen LogP contribution is -2.39. The molecule has 0 radical (unpaired) electrons.